The van der Waals surface area contributed by atoms with Crippen LogP contribution in [0.3, 0.4) is 0 Å². The van der Waals surface area contributed by atoms with Gasteiger partial charge in [-0.2, -0.15) is 5.10 Å². The molecule has 6 nitrogen and oxygen atoms in total. The van der Waals surface area contributed by atoms with Crippen molar-refractivity contribution in [3.63, 3.8) is 0 Å². The molecular weight excluding hydrogens is 224 g/mol. The van der Waals surface area contributed by atoms with Crippen molar-refractivity contribution in [1.29, 1.82) is 0 Å². The van der Waals surface area contributed by atoms with Crippen molar-refractivity contribution in [2.75, 3.05) is 7.05 Å². The van der Waals surface area contributed by atoms with E-state index < -0.39 is 0 Å². The third-order valence-corrected chi connectivity index (χ3v) is 2.99. The summed E-state index contributed by atoms with van der Waals surface area (Å²) in [6.45, 7) is 2.89. The maximum absolute atomic E-state index is 4.25. The van der Waals surface area contributed by atoms with Gasteiger partial charge in [0.25, 0.3) is 0 Å². The summed E-state index contributed by atoms with van der Waals surface area (Å²) in [6, 6.07) is 0.147. The number of hydrogen-bond donors (Lipinski definition) is 1. The van der Waals surface area contributed by atoms with Crippen molar-refractivity contribution in [3.8, 4) is 0 Å². The molecule has 0 saturated heterocycles. The van der Waals surface area contributed by atoms with Crippen molar-refractivity contribution in [2.24, 2.45) is 0 Å². The monoisotopic (exact) mass is 238 g/mol. The normalized spacial score (nSPS) is 12.9. The van der Waals surface area contributed by atoms with Gasteiger partial charge in [0.2, 0.25) is 0 Å². The maximum Gasteiger partial charge on any atom is 0.138 e. The van der Waals surface area contributed by atoms with Crippen LogP contribution in [-0.2, 0) is 13.0 Å². The van der Waals surface area contributed by atoms with Crippen LogP contribution < -0.4 is 5.32 Å². The quantitative estimate of drug-likeness (QED) is 0.828. The molecule has 0 saturated carbocycles. The first-order valence-electron chi connectivity index (χ1n) is 5.16. The zero-order valence-corrected chi connectivity index (χ0v) is 10.1. The molecule has 0 aromatic carbocycles. The van der Waals surface area contributed by atoms with Gasteiger partial charge in [0.1, 0.15) is 12.2 Å². The SMILES string of the molecule is CCn1ncnc1CC(NC)c1csnn1. The van der Waals surface area contributed by atoms with Crippen LogP contribution in [-0.4, -0.2) is 31.4 Å². The summed E-state index contributed by atoms with van der Waals surface area (Å²) < 4.78 is 5.76. The fraction of sp³-hybridized carbons (Fsp3) is 0.556. The number of nitrogens with one attached hydrogen (secondary N) is 1. The molecule has 1 unspecified atom stereocenters. The van der Waals surface area contributed by atoms with E-state index in [2.05, 4.69) is 31.9 Å². The molecule has 7 heteroatoms. The second kappa shape index (κ2) is 5.13. The van der Waals surface area contributed by atoms with Crippen molar-refractivity contribution in [1.82, 2.24) is 29.7 Å². The van der Waals surface area contributed by atoms with Gasteiger partial charge < -0.3 is 5.32 Å². The predicted molar refractivity (Wildman–Crippen MR) is 61.1 cm³/mol. The van der Waals surface area contributed by atoms with E-state index in [1.165, 1.54) is 11.5 Å². The van der Waals surface area contributed by atoms with Gasteiger partial charge >= 0.3 is 0 Å². The Kier molecular flexibility index (Phi) is 3.58. The Labute approximate surface area is 97.9 Å². The van der Waals surface area contributed by atoms with Crippen LogP contribution in [0.4, 0.5) is 0 Å². The summed E-state index contributed by atoms with van der Waals surface area (Å²) in [5, 5.41) is 13.4. The minimum Gasteiger partial charge on any atom is -0.311 e. The minimum atomic E-state index is 0.147. The molecule has 0 aliphatic rings. The van der Waals surface area contributed by atoms with E-state index in [-0.39, 0.29) is 6.04 Å². The Morgan fingerprint density at radius 1 is 1.56 bits per heavy atom. The molecule has 0 fully saturated rings. The van der Waals surface area contributed by atoms with Gasteiger partial charge in [-0.05, 0) is 25.5 Å². The number of rotatable bonds is 5. The van der Waals surface area contributed by atoms with Crippen LogP contribution >= 0.6 is 11.5 Å². The number of aromatic nitrogens is 5. The van der Waals surface area contributed by atoms with Crippen molar-refractivity contribution in [3.05, 3.63) is 23.2 Å². The first kappa shape index (κ1) is 11.2. The summed E-state index contributed by atoms with van der Waals surface area (Å²) >= 11 is 1.36. The van der Waals surface area contributed by atoms with Crippen LogP contribution in [0, 0.1) is 0 Å². The average molecular weight is 238 g/mol. The molecule has 0 aliphatic heterocycles. The molecule has 2 heterocycles. The maximum atomic E-state index is 4.25. The van der Waals surface area contributed by atoms with Crippen LogP contribution in [0.25, 0.3) is 0 Å². The standard InChI is InChI=1S/C9H14N6S/c1-3-15-9(11-6-12-15)4-7(10-2)8-5-16-14-13-8/h5-7,10H,3-4H2,1-2H3. The highest BCUT2D eigenvalue weighted by Crippen LogP contribution is 2.15. The summed E-state index contributed by atoms with van der Waals surface area (Å²) in [5.74, 6) is 0.967. The first-order chi connectivity index (χ1) is 7.85. The van der Waals surface area contributed by atoms with Crippen molar-refractivity contribution >= 4 is 11.5 Å². The van der Waals surface area contributed by atoms with Gasteiger partial charge in [0.15, 0.2) is 0 Å². The zero-order chi connectivity index (χ0) is 11.4. The zero-order valence-electron chi connectivity index (χ0n) is 9.29. The molecule has 16 heavy (non-hydrogen) atoms. The van der Waals surface area contributed by atoms with Crippen LogP contribution in [0.5, 0.6) is 0 Å². The van der Waals surface area contributed by atoms with E-state index >= 15 is 0 Å². The second-order valence-corrected chi connectivity index (χ2v) is 3.98. The molecule has 0 amide bonds. The third-order valence-electron chi connectivity index (χ3n) is 2.46. The molecule has 86 valence electrons. The predicted octanol–water partition coefficient (Wildman–Crippen LogP) is 0.653. The second-order valence-electron chi connectivity index (χ2n) is 3.37. The highest BCUT2D eigenvalue weighted by Gasteiger charge is 2.15. The molecule has 0 aliphatic carbocycles. The average Bonchev–Trinajstić information content (AvgIpc) is 2.96. The lowest BCUT2D eigenvalue weighted by atomic mass is 10.1. The number of nitrogens with zero attached hydrogens (tertiary/aromatic N) is 5. The number of aryl methyl sites for hydroxylation is 1. The van der Waals surface area contributed by atoms with E-state index in [0.29, 0.717) is 0 Å². The number of likely N-dealkylation sites (N-methyl/N-ethyl adjacent to an activating group) is 1. The van der Waals surface area contributed by atoms with Crippen LogP contribution in [0.2, 0.25) is 0 Å². The Morgan fingerprint density at radius 3 is 3.06 bits per heavy atom. The van der Waals surface area contributed by atoms with Gasteiger partial charge in [0, 0.05) is 18.3 Å². The van der Waals surface area contributed by atoms with Gasteiger partial charge in [-0.15, -0.1) is 5.10 Å². The smallest absolute Gasteiger partial charge is 0.138 e. The molecular formula is C9H14N6S. The van der Waals surface area contributed by atoms with Gasteiger partial charge in [-0.1, -0.05) is 4.49 Å². The van der Waals surface area contributed by atoms with Gasteiger partial charge in [0.05, 0.1) is 11.7 Å². The van der Waals surface area contributed by atoms with Gasteiger partial charge in [-0.3, -0.25) is 4.68 Å². The molecule has 2 rings (SSSR count). The Hall–Kier alpha value is -1.34. The van der Waals surface area contributed by atoms with Gasteiger partial charge in [-0.25, -0.2) is 4.98 Å². The van der Waals surface area contributed by atoms with Crippen molar-refractivity contribution < 1.29 is 0 Å². The van der Waals surface area contributed by atoms with Crippen LogP contribution in [0.15, 0.2) is 11.7 Å². The minimum absolute atomic E-state index is 0.147. The summed E-state index contributed by atoms with van der Waals surface area (Å²) in [5.41, 5.74) is 0.957. The van der Waals surface area contributed by atoms with E-state index in [4.69, 9.17) is 0 Å². The third kappa shape index (κ3) is 2.25. The number of hydrogen-bond acceptors (Lipinski definition) is 6. The first-order valence-corrected chi connectivity index (χ1v) is 5.99. The molecule has 0 radical (unpaired) electrons. The molecule has 0 spiro atoms. The van der Waals surface area contributed by atoms with Crippen molar-refractivity contribution in [2.45, 2.75) is 25.9 Å². The lowest BCUT2D eigenvalue weighted by molar-refractivity contribution is 0.523. The Balaban J connectivity index is 2.13. The molecule has 2 aromatic heterocycles. The molecule has 1 atom stereocenters. The molecule has 0 bridgehead atoms. The fourth-order valence-corrected chi connectivity index (χ4v) is 2.08. The topological polar surface area (TPSA) is 68.5 Å². The Bertz CT molecular complexity index is 423. The lowest BCUT2D eigenvalue weighted by Crippen LogP contribution is -2.21. The lowest BCUT2D eigenvalue weighted by Gasteiger charge is -2.12. The fourth-order valence-electron chi connectivity index (χ4n) is 1.57. The molecule has 1 N–H and O–H groups in total. The molecule has 2 aromatic rings. The summed E-state index contributed by atoms with van der Waals surface area (Å²) in [7, 11) is 1.91. The Morgan fingerprint density at radius 2 is 2.44 bits per heavy atom. The summed E-state index contributed by atoms with van der Waals surface area (Å²) in [4.78, 5) is 4.25. The van der Waals surface area contributed by atoms with E-state index in [9.17, 15) is 0 Å². The summed E-state index contributed by atoms with van der Waals surface area (Å²) in [6.07, 6.45) is 2.36. The van der Waals surface area contributed by atoms with E-state index in [1.807, 2.05) is 17.1 Å². The van der Waals surface area contributed by atoms with Crippen LogP contribution in [0.1, 0.15) is 24.5 Å². The highest BCUT2D eigenvalue weighted by molar-refractivity contribution is 7.03. The van der Waals surface area contributed by atoms with E-state index in [1.54, 1.807) is 6.33 Å². The largest absolute Gasteiger partial charge is 0.311 e. The highest BCUT2D eigenvalue weighted by atomic mass is 32.1. The van der Waals surface area contributed by atoms with E-state index in [0.717, 1.165) is 24.5 Å².